The molecule has 2 N–H and O–H groups in total. The molecular formula is C24H34N2O4. The number of hydrogen-bond acceptors (Lipinski definition) is 4. The van der Waals surface area contributed by atoms with Crippen LogP contribution in [-0.2, 0) is 19.1 Å². The predicted molar refractivity (Wildman–Crippen MR) is 121 cm³/mol. The molecular weight excluding hydrogens is 380 g/mol. The summed E-state index contributed by atoms with van der Waals surface area (Å²) in [6.45, 7) is 2.90. The lowest BCUT2D eigenvalue weighted by Crippen LogP contribution is -2.21. The molecule has 2 amide bonds. The molecule has 0 unspecified atom stereocenters. The average molecular weight is 415 g/mol. The highest BCUT2D eigenvalue weighted by Gasteiger charge is 2.01. The SMILES string of the molecule is CCCCCCCCCCNC(=O)C=Cc1cccc(NC(=O)/C=C\C(=O)OC)c1. The van der Waals surface area contributed by atoms with Crippen molar-refractivity contribution < 1.29 is 19.1 Å². The van der Waals surface area contributed by atoms with Crippen molar-refractivity contribution >= 4 is 29.5 Å². The van der Waals surface area contributed by atoms with E-state index in [4.69, 9.17) is 0 Å². The number of unbranched alkanes of at least 4 members (excludes halogenated alkanes) is 7. The van der Waals surface area contributed by atoms with Crippen molar-refractivity contribution in [2.45, 2.75) is 58.3 Å². The number of benzene rings is 1. The molecule has 0 fully saturated rings. The lowest BCUT2D eigenvalue weighted by atomic mass is 10.1. The van der Waals surface area contributed by atoms with Crippen LogP contribution in [-0.4, -0.2) is 31.4 Å². The quantitative estimate of drug-likeness (QED) is 0.264. The molecule has 1 rings (SSSR count). The van der Waals surface area contributed by atoms with Crippen molar-refractivity contribution in [3.05, 3.63) is 48.1 Å². The van der Waals surface area contributed by atoms with Crippen LogP contribution in [0.2, 0.25) is 0 Å². The second-order valence-electron chi connectivity index (χ2n) is 7.07. The molecule has 0 aliphatic heterocycles. The third kappa shape index (κ3) is 12.5. The summed E-state index contributed by atoms with van der Waals surface area (Å²) in [4.78, 5) is 34.7. The third-order valence-corrected chi connectivity index (χ3v) is 4.48. The maximum absolute atomic E-state index is 11.9. The first kappa shape index (κ1) is 25.1. The summed E-state index contributed by atoms with van der Waals surface area (Å²) in [7, 11) is 1.24. The fourth-order valence-electron chi connectivity index (χ4n) is 2.82. The van der Waals surface area contributed by atoms with Gasteiger partial charge in [0.15, 0.2) is 0 Å². The summed E-state index contributed by atoms with van der Waals surface area (Å²) in [6, 6.07) is 7.08. The minimum atomic E-state index is -0.597. The third-order valence-electron chi connectivity index (χ3n) is 4.48. The molecule has 0 heterocycles. The Hall–Kier alpha value is -2.89. The molecule has 1 aromatic rings. The van der Waals surface area contributed by atoms with Gasteiger partial charge in [0, 0.05) is 30.5 Å². The first-order valence-corrected chi connectivity index (χ1v) is 10.7. The summed E-state index contributed by atoms with van der Waals surface area (Å²) < 4.78 is 4.44. The lowest BCUT2D eigenvalue weighted by molar-refractivity contribution is -0.135. The molecule has 0 aliphatic carbocycles. The molecule has 0 spiro atoms. The first-order chi connectivity index (χ1) is 14.5. The maximum atomic E-state index is 11.9. The zero-order valence-corrected chi connectivity index (χ0v) is 18.1. The summed E-state index contributed by atoms with van der Waals surface area (Å²) in [5, 5.41) is 5.55. The van der Waals surface area contributed by atoms with E-state index in [9.17, 15) is 14.4 Å². The number of esters is 1. The van der Waals surface area contributed by atoms with Crippen LogP contribution in [0, 0.1) is 0 Å². The van der Waals surface area contributed by atoms with Crippen LogP contribution >= 0.6 is 0 Å². The van der Waals surface area contributed by atoms with E-state index in [1.165, 1.54) is 51.7 Å². The van der Waals surface area contributed by atoms with Crippen LogP contribution < -0.4 is 10.6 Å². The maximum Gasteiger partial charge on any atom is 0.330 e. The van der Waals surface area contributed by atoms with Crippen molar-refractivity contribution in [3.63, 3.8) is 0 Å². The highest BCUT2D eigenvalue weighted by atomic mass is 16.5. The monoisotopic (exact) mass is 414 g/mol. The van der Waals surface area contributed by atoms with E-state index in [0.717, 1.165) is 30.6 Å². The summed E-state index contributed by atoms with van der Waals surface area (Å²) >= 11 is 0. The normalized spacial score (nSPS) is 11.0. The molecule has 1 aromatic carbocycles. The van der Waals surface area contributed by atoms with E-state index in [1.54, 1.807) is 24.3 Å². The number of ether oxygens (including phenoxy) is 1. The minimum Gasteiger partial charge on any atom is -0.466 e. The van der Waals surface area contributed by atoms with Crippen molar-refractivity contribution in [1.29, 1.82) is 0 Å². The van der Waals surface area contributed by atoms with Crippen LogP contribution in [0.25, 0.3) is 6.08 Å². The number of hydrogen-bond donors (Lipinski definition) is 2. The van der Waals surface area contributed by atoms with E-state index < -0.39 is 11.9 Å². The van der Waals surface area contributed by atoms with Gasteiger partial charge in [-0.2, -0.15) is 0 Å². The molecule has 0 aliphatic rings. The van der Waals surface area contributed by atoms with Gasteiger partial charge in [-0.3, -0.25) is 9.59 Å². The zero-order valence-electron chi connectivity index (χ0n) is 18.1. The van der Waals surface area contributed by atoms with Crippen molar-refractivity contribution in [1.82, 2.24) is 5.32 Å². The summed E-state index contributed by atoms with van der Waals surface area (Å²) in [5.74, 6) is -1.17. The van der Waals surface area contributed by atoms with Crippen LogP contribution in [0.15, 0.2) is 42.5 Å². The van der Waals surface area contributed by atoms with Gasteiger partial charge in [0.1, 0.15) is 0 Å². The van der Waals surface area contributed by atoms with Gasteiger partial charge in [0.2, 0.25) is 11.8 Å². The molecule has 0 bridgehead atoms. The van der Waals surface area contributed by atoms with Crippen LogP contribution in [0.1, 0.15) is 63.9 Å². The Labute approximate surface area is 179 Å². The van der Waals surface area contributed by atoms with Gasteiger partial charge in [-0.15, -0.1) is 0 Å². The number of carbonyl (C=O) groups is 3. The van der Waals surface area contributed by atoms with Gasteiger partial charge in [-0.1, -0.05) is 64.0 Å². The highest BCUT2D eigenvalue weighted by Crippen LogP contribution is 2.12. The Morgan fingerprint density at radius 1 is 0.900 bits per heavy atom. The summed E-state index contributed by atoms with van der Waals surface area (Å²) in [6.07, 6.45) is 15.2. The number of amides is 2. The zero-order chi connectivity index (χ0) is 22.0. The topological polar surface area (TPSA) is 84.5 Å². The number of methoxy groups -OCH3 is 1. The number of rotatable bonds is 14. The average Bonchev–Trinajstić information content (AvgIpc) is 2.75. The van der Waals surface area contributed by atoms with Gasteiger partial charge >= 0.3 is 5.97 Å². The Morgan fingerprint density at radius 2 is 1.60 bits per heavy atom. The van der Waals surface area contributed by atoms with Crippen molar-refractivity contribution in [3.8, 4) is 0 Å². The molecule has 6 heteroatoms. The van der Waals surface area contributed by atoms with E-state index >= 15 is 0 Å². The molecule has 0 aromatic heterocycles. The first-order valence-electron chi connectivity index (χ1n) is 10.7. The van der Waals surface area contributed by atoms with Crippen LogP contribution in [0.3, 0.4) is 0 Å². The smallest absolute Gasteiger partial charge is 0.330 e. The Kier molecular flexibility index (Phi) is 13.4. The Morgan fingerprint density at radius 3 is 2.30 bits per heavy atom. The minimum absolute atomic E-state index is 0.131. The van der Waals surface area contributed by atoms with Gasteiger partial charge in [0.25, 0.3) is 0 Å². The largest absolute Gasteiger partial charge is 0.466 e. The Balaban J connectivity index is 2.31. The fourth-order valence-corrected chi connectivity index (χ4v) is 2.82. The second-order valence-corrected chi connectivity index (χ2v) is 7.07. The number of carbonyl (C=O) groups excluding carboxylic acids is 3. The highest BCUT2D eigenvalue weighted by molar-refractivity contribution is 6.02. The van der Waals surface area contributed by atoms with Crippen LogP contribution in [0.4, 0.5) is 5.69 Å². The molecule has 0 saturated carbocycles. The van der Waals surface area contributed by atoms with Crippen LogP contribution in [0.5, 0.6) is 0 Å². The number of nitrogens with one attached hydrogen (secondary N) is 2. The predicted octanol–water partition coefficient (Wildman–Crippen LogP) is 4.62. The standard InChI is InChI=1S/C24H34N2O4/c1-3-4-5-6-7-8-9-10-18-25-22(27)15-14-20-12-11-13-21(19-20)26-23(28)16-17-24(29)30-2/h11-17,19H,3-10,18H2,1-2H3,(H,25,27)(H,26,28)/b15-14?,17-16-. The van der Waals surface area contributed by atoms with Gasteiger partial charge in [-0.25, -0.2) is 4.79 Å². The molecule has 30 heavy (non-hydrogen) atoms. The molecule has 164 valence electrons. The second kappa shape index (κ2) is 16.0. The molecule has 0 atom stereocenters. The van der Waals surface area contributed by atoms with Gasteiger partial charge < -0.3 is 15.4 Å². The van der Waals surface area contributed by atoms with E-state index in [1.807, 2.05) is 6.07 Å². The molecule has 0 saturated heterocycles. The molecule has 0 radical (unpaired) electrons. The van der Waals surface area contributed by atoms with Gasteiger partial charge in [-0.05, 0) is 30.2 Å². The van der Waals surface area contributed by atoms with Gasteiger partial charge in [0.05, 0.1) is 7.11 Å². The Bertz CT molecular complexity index is 726. The molecule has 6 nitrogen and oxygen atoms in total. The van der Waals surface area contributed by atoms with Crippen molar-refractivity contribution in [2.75, 3.05) is 19.0 Å². The van der Waals surface area contributed by atoms with E-state index in [2.05, 4.69) is 22.3 Å². The lowest BCUT2D eigenvalue weighted by Gasteiger charge is -2.04. The van der Waals surface area contributed by atoms with E-state index in [-0.39, 0.29) is 5.91 Å². The van der Waals surface area contributed by atoms with E-state index in [0.29, 0.717) is 12.2 Å². The van der Waals surface area contributed by atoms with Crippen molar-refractivity contribution in [2.24, 2.45) is 0 Å². The summed E-state index contributed by atoms with van der Waals surface area (Å²) in [5.41, 5.74) is 1.35. The number of anilines is 1. The fraction of sp³-hybridized carbons (Fsp3) is 0.458.